The summed E-state index contributed by atoms with van der Waals surface area (Å²) < 4.78 is 5.25. The molecule has 0 aliphatic carbocycles. The van der Waals surface area contributed by atoms with E-state index in [2.05, 4.69) is 6.58 Å². The molecule has 16 heavy (non-hydrogen) atoms. The fourth-order valence-corrected chi connectivity index (χ4v) is 1.47. The van der Waals surface area contributed by atoms with Crippen molar-refractivity contribution in [3.8, 4) is 5.75 Å². The molecule has 2 aromatic carbocycles. The number of benzene rings is 2. The molecule has 0 aliphatic heterocycles. The fourth-order valence-electron chi connectivity index (χ4n) is 1.47. The summed E-state index contributed by atoms with van der Waals surface area (Å²) >= 11 is 0. The highest BCUT2D eigenvalue weighted by atomic mass is 16.5. The van der Waals surface area contributed by atoms with Gasteiger partial charge in [0.05, 0.1) is 0 Å². The molecule has 80 valence electrons. The number of esters is 1. The van der Waals surface area contributed by atoms with Crippen molar-refractivity contribution in [2.75, 3.05) is 0 Å². The number of fused-ring (bicyclic) bond motifs is 1. The summed E-state index contributed by atoms with van der Waals surface area (Å²) in [6.07, 6.45) is 0. The van der Waals surface area contributed by atoms with Gasteiger partial charge in [0.1, 0.15) is 5.75 Å². The molecule has 0 aliphatic rings. The van der Waals surface area contributed by atoms with E-state index >= 15 is 0 Å². The molecule has 0 N–H and O–H groups in total. The second kappa shape index (κ2) is 4.19. The van der Waals surface area contributed by atoms with E-state index in [0.29, 0.717) is 11.3 Å². The van der Waals surface area contributed by atoms with Crippen LogP contribution in [0.5, 0.6) is 5.75 Å². The first-order valence-electron chi connectivity index (χ1n) is 5.04. The van der Waals surface area contributed by atoms with Crippen molar-refractivity contribution < 1.29 is 9.53 Å². The van der Waals surface area contributed by atoms with Gasteiger partial charge in [-0.25, -0.2) is 4.79 Å². The van der Waals surface area contributed by atoms with Crippen LogP contribution in [0.25, 0.3) is 10.8 Å². The first-order valence-corrected chi connectivity index (χ1v) is 5.04. The minimum Gasteiger partial charge on any atom is -0.423 e. The normalized spacial score (nSPS) is 10.1. The lowest BCUT2D eigenvalue weighted by Gasteiger charge is -2.06. The van der Waals surface area contributed by atoms with Crippen LogP contribution in [0.3, 0.4) is 0 Å². The second-order valence-electron chi connectivity index (χ2n) is 3.65. The molecule has 0 fully saturated rings. The summed E-state index contributed by atoms with van der Waals surface area (Å²) in [7, 11) is 0. The predicted molar refractivity (Wildman–Crippen MR) is 64.4 cm³/mol. The van der Waals surface area contributed by atoms with Gasteiger partial charge in [0, 0.05) is 11.0 Å². The molecule has 2 nitrogen and oxygen atoms in total. The van der Waals surface area contributed by atoms with E-state index < -0.39 is 5.97 Å². The molecule has 0 spiro atoms. The van der Waals surface area contributed by atoms with Crippen molar-refractivity contribution in [3.05, 3.63) is 54.6 Å². The summed E-state index contributed by atoms with van der Waals surface area (Å²) in [5.74, 6) is 0.183. The molecule has 2 rings (SSSR count). The molecular formula is C14H12O2. The quantitative estimate of drug-likeness (QED) is 0.433. The number of carbonyl (C=O) groups excluding carboxylic acids is 1. The van der Waals surface area contributed by atoms with Crippen molar-refractivity contribution in [1.29, 1.82) is 0 Å². The minimum atomic E-state index is -0.392. The van der Waals surface area contributed by atoms with E-state index in [1.165, 1.54) is 0 Å². The maximum atomic E-state index is 11.4. The van der Waals surface area contributed by atoms with Crippen molar-refractivity contribution >= 4 is 16.7 Å². The van der Waals surface area contributed by atoms with Crippen molar-refractivity contribution in [2.45, 2.75) is 6.92 Å². The summed E-state index contributed by atoms with van der Waals surface area (Å²) in [6, 6.07) is 13.4. The summed E-state index contributed by atoms with van der Waals surface area (Å²) in [5, 5.41) is 1.98. The molecule has 0 atom stereocenters. The zero-order valence-electron chi connectivity index (χ0n) is 9.07. The number of carbonyl (C=O) groups is 1. The Kier molecular flexibility index (Phi) is 2.73. The van der Waals surface area contributed by atoms with Crippen molar-refractivity contribution in [3.63, 3.8) is 0 Å². The van der Waals surface area contributed by atoms with Crippen LogP contribution >= 0.6 is 0 Å². The lowest BCUT2D eigenvalue weighted by molar-refractivity contribution is -0.129. The second-order valence-corrected chi connectivity index (χ2v) is 3.65. The molecule has 2 aromatic rings. The van der Waals surface area contributed by atoms with Gasteiger partial charge in [0.2, 0.25) is 0 Å². The molecule has 0 aromatic heterocycles. The van der Waals surface area contributed by atoms with Gasteiger partial charge in [-0.15, -0.1) is 0 Å². The van der Waals surface area contributed by atoms with Gasteiger partial charge in [-0.3, -0.25) is 0 Å². The number of hydrogen-bond acceptors (Lipinski definition) is 2. The van der Waals surface area contributed by atoms with Crippen LogP contribution in [0.4, 0.5) is 0 Å². The average Bonchev–Trinajstić information content (AvgIpc) is 2.29. The first kappa shape index (κ1) is 10.4. The topological polar surface area (TPSA) is 26.3 Å². The SMILES string of the molecule is C=C(C)C(=O)Oc1cccc2ccccc12. The Bertz CT molecular complexity index is 550. The Morgan fingerprint density at radius 3 is 2.56 bits per heavy atom. The highest BCUT2D eigenvalue weighted by Gasteiger charge is 2.07. The van der Waals surface area contributed by atoms with Crippen LogP contribution in [0.2, 0.25) is 0 Å². The standard InChI is InChI=1S/C14H12O2/c1-10(2)14(15)16-13-9-5-7-11-6-3-4-8-12(11)13/h3-9H,1H2,2H3. The minimum absolute atomic E-state index is 0.392. The number of hydrogen-bond donors (Lipinski definition) is 0. The van der Waals surface area contributed by atoms with E-state index in [-0.39, 0.29) is 0 Å². The molecule has 0 bridgehead atoms. The van der Waals surface area contributed by atoms with E-state index in [1.807, 2.05) is 36.4 Å². The molecule has 0 saturated heterocycles. The summed E-state index contributed by atoms with van der Waals surface area (Å²) in [5.41, 5.74) is 0.396. The average molecular weight is 212 g/mol. The van der Waals surface area contributed by atoms with Crippen molar-refractivity contribution in [1.82, 2.24) is 0 Å². The van der Waals surface area contributed by atoms with E-state index in [4.69, 9.17) is 4.74 Å². The Balaban J connectivity index is 2.45. The predicted octanol–water partition coefficient (Wildman–Crippen LogP) is 3.32. The monoisotopic (exact) mass is 212 g/mol. The van der Waals surface area contributed by atoms with Gasteiger partial charge in [0.15, 0.2) is 0 Å². The summed E-state index contributed by atoms with van der Waals surface area (Å²) in [6.45, 7) is 5.19. The van der Waals surface area contributed by atoms with Gasteiger partial charge in [-0.05, 0) is 18.4 Å². The Morgan fingerprint density at radius 1 is 1.12 bits per heavy atom. The van der Waals surface area contributed by atoms with Gasteiger partial charge < -0.3 is 4.74 Å². The largest absolute Gasteiger partial charge is 0.423 e. The van der Waals surface area contributed by atoms with E-state index in [1.54, 1.807) is 13.0 Å². The third kappa shape index (κ3) is 1.96. The number of rotatable bonds is 2. The van der Waals surface area contributed by atoms with Crippen molar-refractivity contribution in [2.24, 2.45) is 0 Å². The maximum absolute atomic E-state index is 11.4. The van der Waals surface area contributed by atoms with Gasteiger partial charge in [-0.1, -0.05) is 43.0 Å². The van der Waals surface area contributed by atoms with E-state index in [0.717, 1.165) is 10.8 Å². The van der Waals surface area contributed by atoms with Crippen LogP contribution in [-0.2, 0) is 4.79 Å². The smallest absolute Gasteiger partial charge is 0.338 e. The fraction of sp³-hybridized carbons (Fsp3) is 0.0714. The van der Waals surface area contributed by atoms with Crippen LogP contribution in [-0.4, -0.2) is 5.97 Å². The van der Waals surface area contributed by atoms with Gasteiger partial charge >= 0.3 is 5.97 Å². The van der Waals surface area contributed by atoms with Crippen LogP contribution in [0.15, 0.2) is 54.6 Å². The zero-order valence-corrected chi connectivity index (χ0v) is 9.07. The number of ether oxygens (including phenoxy) is 1. The third-order valence-electron chi connectivity index (χ3n) is 2.30. The molecule has 2 heteroatoms. The Morgan fingerprint density at radius 2 is 1.81 bits per heavy atom. The van der Waals surface area contributed by atoms with Crippen LogP contribution in [0, 0.1) is 0 Å². The van der Waals surface area contributed by atoms with Crippen LogP contribution in [0.1, 0.15) is 6.92 Å². The molecule has 0 unspecified atom stereocenters. The lowest BCUT2D eigenvalue weighted by atomic mass is 10.1. The first-order chi connectivity index (χ1) is 7.68. The van der Waals surface area contributed by atoms with E-state index in [9.17, 15) is 4.79 Å². The molecule has 0 heterocycles. The van der Waals surface area contributed by atoms with Gasteiger partial charge in [-0.2, -0.15) is 0 Å². The Labute approximate surface area is 94.2 Å². The molecule has 0 saturated carbocycles. The molecule has 0 amide bonds. The highest BCUT2D eigenvalue weighted by Crippen LogP contribution is 2.25. The molecule has 0 radical (unpaired) electrons. The third-order valence-corrected chi connectivity index (χ3v) is 2.30. The van der Waals surface area contributed by atoms with Gasteiger partial charge in [0.25, 0.3) is 0 Å². The zero-order chi connectivity index (χ0) is 11.5. The lowest BCUT2D eigenvalue weighted by Crippen LogP contribution is -2.08. The van der Waals surface area contributed by atoms with Crippen LogP contribution < -0.4 is 4.74 Å². The highest BCUT2D eigenvalue weighted by molar-refractivity contribution is 5.94. The molecular weight excluding hydrogens is 200 g/mol. The Hall–Kier alpha value is -2.09. The maximum Gasteiger partial charge on any atom is 0.338 e. The summed E-state index contributed by atoms with van der Waals surface area (Å²) in [4.78, 5) is 11.4.